The van der Waals surface area contributed by atoms with Crippen LogP contribution in [0.4, 0.5) is 5.69 Å². The lowest BCUT2D eigenvalue weighted by Gasteiger charge is -2.11. The van der Waals surface area contributed by atoms with E-state index in [-0.39, 0.29) is 17.6 Å². The van der Waals surface area contributed by atoms with E-state index >= 15 is 0 Å². The van der Waals surface area contributed by atoms with E-state index in [1.807, 2.05) is 36.4 Å². The van der Waals surface area contributed by atoms with Gasteiger partial charge in [-0.3, -0.25) is 10.1 Å². The van der Waals surface area contributed by atoms with Gasteiger partial charge in [0.05, 0.1) is 5.02 Å². The number of benzene rings is 3. The van der Waals surface area contributed by atoms with Gasteiger partial charge in [0.2, 0.25) is 0 Å². The summed E-state index contributed by atoms with van der Waals surface area (Å²) in [5, 5.41) is 17.6. The van der Waals surface area contributed by atoms with E-state index < -0.39 is 0 Å². The zero-order valence-electron chi connectivity index (χ0n) is 15.7. The molecule has 0 saturated heterocycles. The average Bonchev–Trinajstić information content (AvgIpc) is 3.23. The van der Waals surface area contributed by atoms with Crippen molar-refractivity contribution in [3.05, 3.63) is 89.1 Å². The van der Waals surface area contributed by atoms with Gasteiger partial charge in [0.25, 0.3) is 5.91 Å². The zero-order valence-corrected chi connectivity index (χ0v) is 17.3. The molecule has 0 radical (unpaired) electrons. The molecule has 4 aromatic rings. The Morgan fingerprint density at radius 3 is 2.57 bits per heavy atom. The fourth-order valence-corrected chi connectivity index (χ4v) is 3.49. The molecule has 0 aliphatic heterocycles. The van der Waals surface area contributed by atoms with Gasteiger partial charge < -0.3 is 14.8 Å². The largest absolute Gasteiger partial charge is 0.459 e. The van der Waals surface area contributed by atoms with Crippen molar-refractivity contribution in [2.75, 3.05) is 5.32 Å². The standard InChI is InChI=1S/C23H17ClN2O3S/c24-20-9-7-17(12-19(20)21-10-8-18(13-27)29-21)25-23(30)26-22(28)16-6-5-14-3-1-2-4-15(14)11-16/h1-12,27H,13H2,(H2,25,26,28,30). The number of nitrogens with one attached hydrogen (secondary N) is 2. The van der Waals surface area contributed by atoms with E-state index in [1.54, 1.807) is 36.4 Å². The Morgan fingerprint density at radius 1 is 1.00 bits per heavy atom. The molecular formula is C23H17ClN2O3S. The Labute approximate surface area is 183 Å². The molecule has 30 heavy (non-hydrogen) atoms. The van der Waals surface area contributed by atoms with E-state index in [4.69, 9.17) is 28.2 Å². The Morgan fingerprint density at radius 2 is 1.80 bits per heavy atom. The molecular weight excluding hydrogens is 420 g/mol. The third kappa shape index (κ3) is 4.36. The molecule has 0 bridgehead atoms. The molecule has 150 valence electrons. The summed E-state index contributed by atoms with van der Waals surface area (Å²) in [4.78, 5) is 12.6. The lowest BCUT2D eigenvalue weighted by molar-refractivity contribution is 0.0978. The number of hydrogen-bond donors (Lipinski definition) is 3. The molecule has 1 aromatic heterocycles. The van der Waals surface area contributed by atoms with Crippen molar-refractivity contribution in [1.29, 1.82) is 0 Å². The van der Waals surface area contributed by atoms with Crippen molar-refractivity contribution in [3.63, 3.8) is 0 Å². The van der Waals surface area contributed by atoms with Crippen molar-refractivity contribution in [1.82, 2.24) is 5.32 Å². The molecule has 3 N–H and O–H groups in total. The fraction of sp³-hybridized carbons (Fsp3) is 0.0435. The molecule has 0 aliphatic carbocycles. The summed E-state index contributed by atoms with van der Waals surface area (Å²) in [7, 11) is 0. The zero-order chi connectivity index (χ0) is 21.1. The number of aliphatic hydroxyl groups excluding tert-OH is 1. The van der Waals surface area contributed by atoms with E-state index in [0.717, 1.165) is 10.8 Å². The van der Waals surface area contributed by atoms with E-state index in [2.05, 4.69) is 10.6 Å². The molecule has 3 aromatic carbocycles. The van der Waals surface area contributed by atoms with Gasteiger partial charge in [-0.25, -0.2) is 0 Å². The highest BCUT2D eigenvalue weighted by molar-refractivity contribution is 7.80. The number of amides is 1. The van der Waals surface area contributed by atoms with Crippen LogP contribution in [0.3, 0.4) is 0 Å². The van der Waals surface area contributed by atoms with Crippen LogP contribution in [0.2, 0.25) is 5.02 Å². The maximum absolute atomic E-state index is 12.6. The summed E-state index contributed by atoms with van der Waals surface area (Å²) in [6.07, 6.45) is 0. The minimum Gasteiger partial charge on any atom is -0.459 e. The number of carbonyl (C=O) groups excluding carboxylic acids is 1. The minimum atomic E-state index is -0.300. The highest BCUT2D eigenvalue weighted by atomic mass is 35.5. The quantitative estimate of drug-likeness (QED) is 0.375. The van der Waals surface area contributed by atoms with Gasteiger partial charge in [-0.05, 0) is 65.5 Å². The number of aliphatic hydroxyl groups is 1. The predicted molar refractivity (Wildman–Crippen MR) is 123 cm³/mol. The van der Waals surface area contributed by atoms with Crippen LogP contribution in [0.15, 0.2) is 77.2 Å². The van der Waals surface area contributed by atoms with Gasteiger partial charge in [0, 0.05) is 16.8 Å². The molecule has 0 unspecified atom stereocenters. The first kappa shape index (κ1) is 20.1. The van der Waals surface area contributed by atoms with Crippen molar-refractivity contribution >= 4 is 51.3 Å². The number of thiocarbonyl (C=S) groups is 1. The second-order valence-electron chi connectivity index (χ2n) is 6.59. The van der Waals surface area contributed by atoms with Gasteiger partial charge in [-0.1, -0.05) is 41.9 Å². The SMILES string of the molecule is O=C(NC(=S)Nc1ccc(Cl)c(-c2ccc(CO)o2)c1)c1ccc2ccccc2c1. The van der Waals surface area contributed by atoms with Gasteiger partial charge in [0.1, 0.15) is 18.1 Å². The van der Waals surface area contributed by atoms with Crippen LogP contribution in [-0.2, 0) is 6.61 Å². The first-order chi connectivity index (χ1) is 14.5. The normalized spacial score (nSPS) is 10.7. The Hall–Kier alpha value is -3.19. The van der Waals surface area contributed by atoms with E-state index in [1.165, 1.54) is 0 Å². The second kappa shape index (κ2) is 8.67. The van der Waals surface area contributed by atoms with E-state index in [9.17, 15) is 9.90 Å². The molecule has 0 saturated carbocycles. The number of hydrogen-bond acceptors (Lipinski definition) is 4. The van der Waals surface area contributed by atoms with Crippen LogP contribution >= 0.6 is 23.8 Å². The van der Waals surface area contributed by atoms with Crippen LogP contribution in [-0.4, -0.2) is 16.1 Å². The minimum absolute atomic E-state index is 0.164. The highest BCUT2D eigenvalue weighted by Gasteiger charge is 2.12. The molecule has 0 fully saturated rings. The second-order valence-corrected chi connectivity index (χ2v) is 7.40. The molecule has 1 heterocycles. The summed E-state index contributed by atoms with van der Waals surface area (Å²) >= 11 is 11.6. The molecule has 4 rings (SSSR count). The number of anilines is 1. The summed E-state index contributed by atoms with van der Waals surface area (Å²) in [5.74, 6) is 0.669. The summed E-state index contributed by atoms with van der Waals surface area (Å²) in [5.41, 5.74) is 1.80. The first-order valence-electron chi connectivity index (χ1n) is 9.14. The average molecular weight is 437 g/mol. The third-order valence-electron chi connectivity index (χ3n) is 4.55. The molecule has 0 atom stereocenters. The van der Waals surface area contributed by atoms with Crippen LogP contribution in [0.1, 0.15) is 16.1 Å². The van der Waals surface area contributed by atoms with Crippen molar-refractivity contribution in [2.24, 2.45) is 0 Å². The van der Waals surface area contributed by atoms with Gasteiger partial charge in [-0.2, -0.15) is 0 Å². The number of carbonyl (C=O) groups is 1. The molecule has 7 heteroatoms. The van der Waals surface area contributed by atoms with Crippen molar-refractivity contribution in [3.8, 4) is 11.3 Å². The van der Waals surface area contributed by atoms with Crippen LogP contribution in [0.5, 0.6) is 0 Å². The van der Waals surface area contributed by atoms with Gasteiger partial charge in [0.15, 0.2) is 5.11 Å². The third-order valence-corrected chi connectivity index (χ3v) is 5.08. The highest BCUT2D eigenvalue weighted by Crippen LogP contribution is 2.32. The fourth-order valence-electron chi connectivity index (χ4n) is 3.07. The lowest BCUT2D eigenvalue weighted by Crippen LogP contribution is -2.34. The monoisotopic (exact) mass is 436 g/mol. The van der Waals surface area contributed by atoms with Gasteiger partial charge in [-0.15, -0.1) is 0 Å². The number of furan rings is 1. The number of fused-ring (bicyclic) bond motifs is 1. The number of halogens is 1. The number of rotatable bonds is 4. The van der Waals surface area contributed by atoms with Gasteiger partial charge >= 0.3 is 0 Å². The van der Waals surface area contributed by atoms with Crippen LogP contribution in [0.25, 0.3) is 22.1 Å². The first-order valence-corrected chi connectivity index (χ1v) is 9.93. The summed E-state index contributed by atoms with van der Waals surface area (Å²) < 4.78 is 5.55. The summed E-state index contributed by atoms with van der Waals surface area (Å²) in [6.45, 7) is -0.194. The van der Waals surface area contributed by atoms with Crippen molar-refractivity contribution < 1.29 is 14.3 Å². The molecule has 1 amide bonds. The van der Waals surface area contributed by atoms with Crippen molar-refractivity contribution in [2.45, 2.75) is 6.61 Å². The predicted octanol–water partition coefficient (Wildman–Crippen LogP) is 5.37. The topological polar surface area (TPSA) is 74.5 Å². The molecule has 0 spiro atoms. The smallest absolute Gasteiger partial charge is 0.257 e. The van der Waals surface area contributed by atoms with E-state index in [0.29, 0.717) is 33.4 Å². The Balaban J connectivity index is 1.48. The molecule has 0 aliphatic rings. The Kier molecular flexibility index (Phi) is 5.81. The summed E-state index contributed by atoms with van der Waals surface area (Å²) in [6, 6.07) is 21.9. The Bertz CT molecular complexity index is 1250. The lowest BCUT2D eigenvalue weighted by atomic mass is 10.1. The molecule has 5 nitrogen and oxygen atoms in total. The maximum atomic E-state index is 12.6. The van der Waals surface area contributed by atoms with Crippen LogP contribution in [0, 0.1) is 0 Å². The van der Waals surface area contributed by atoms with Crippen LogP contribution < -0.4 is 10.6 Å². The maximum Gasteiger partial charge on any atom is 0.257 e.